The van der Waals surface area contributed by atoms with Gasteiger partial charge in [0.25, 0.3) is 0 Å². The maximum Gasteiger partial charge on any atom is 0.451 e. The number of nitrogens with one attached hydrogen (secondary N) is 2. The van der Waals surface area contributed by atoms with Gasteiger partial charge in [-0.3, -0.25) is 9.59 Å². The normalized spacial score (nSPS) is 11.3. The van der Waals surface area contributed by atoms with E-state index < -0.39 is 17.9 Å². The molecule has 1 aromatic heterocycles. The molecule has 0 aliphatic carbocycles. The van der Waals surface area contributed by atoms with Gasteiger partial charge in [-0.1, -0.05) is 36.0 Å². The number of carbonyl (C=O) groups is 2. The molecule has 0 saturated heterocycles. The summed E-state index contributed by atoms with van der Waals surface area (Å²) < 4.78 is 39.2. The van der Waals surface area contributed by atoms with Gasteiger partial charge in [-0.2, -0.15) is 13.2 Å². The first kappa shape index (κ1) is 20.6. The Morgan fingerprint density at radius 1 is 1.00 bits per heavy atom. The van der Waals surface area contributed by atoms with E-state index in [0.717, 1.165) is 11.8 Å². The molecule has 29 heavy (non-hydrogen) atoms. The molecule has 2 amide bonds. The molecule has 3 aromatic rings. The molecular weight excluding hydrogens is 405 g/mol. The van der Waals surface area contributed by atoms with E-state index in [1.165, 1.54) is 13.0 Å². The minimum Gasteiger partial charge on any atom is -0.326 e. The molecule has 150 valence electrons. The topological polar surface area (TPSA) is 84.0 Å². The first-order valence-corrected chi connectivity index (χ1v) is 9.35. The lowest BCUT2D eigenvalue weighted by Crippen LogP contribution is -2.15. The van der Waals surface area contributed by atoms with Crippen molar-refractivity contribution in [3.05, 3.63) is 54.4 Å². The average Bonchev–Trinajstić information content (AvgIpc) is 2.65. The van der Waals surface area contributed by atoms with Crippen molar-refractivity contribution in [2.45, 2.75) is 18.1 Å². The molecule has 0 atom stereocenters. The fourth-order valence-corrected chi connectivity index (χ4v) is 3.31. The monoisotopic (exact) mass is 420 g/mol. The number of aromatic nitrogens is 2. The smallest absolute Gasteiger partial charge is 0.326 e. The number of carbonyl (C=O) groups excluding carboxylic acids is 2. The van der Waals surface area contributed by atoms with Crippen LogP contribution >= 0.6 is 11.8 Å². The number of anilines is 2. The van der Waals surface area contributed by atoms with Crippen LogP contribution in [0.3, 0.4) is 0 Å². The molecular formula is C19H15F3N4O2S. The van der Waals surface area contributed by atoms with E-state index in [4.69, 9.17) is 0 Å². The lowest BCUT2D eigenvalue weighted by Gasteiger charge is -2.11. The number of hydrogen-bond donors (Lipinski definition) is 2. The molecule has 0 bridgehead atoms. The zero-order valence-corrected chi connectivity index (χ0v) is 15.9. The Morgan fingerprint density at radius 2 is 1.69 bits per heavy atom. The molecule has 1 heterocycles. The van der Waals surface area contributed by atoms with Crippen LogP contribution in [0, 0.1) is 0 Å². The number of fused-ring (bicyclic) bond motifs is 1. The predicted octanol–water partition coefficient (Wildman–Crippen LogP) is 4.34. The van der Waals surface area contributed by atoms with Crippen molar-refractivity contribution in [2.75, 3.05) is 16.4 Å². The third kappa shape index (κ3) is 5.44. The highest BCUT2D eigenvalue weighted by atomic mass is 32.2. The second-order valence-corrected chi connectivity index (χ2v) is 6.93. The third-order valence-corrected chi connectivity index (χ3v) is 4.62. The van der Waals surface area contributed by atoms with Crippen LogP contribution in [0.2, 0.25) is 0 Å². The number of alkyl halides is 3. The first-order chi connectivity index (χ1) is 13.7. The second kappa shape index (κ2) is 8.48. The standard InChI is InChI=1S/C19H15F3N4O2S/c1-11(27)23-12-5-4-6-13(9-12)24-16(28)10-29-17-14-7-2-3-8-15(14)25-18(26-17)19(20,21)22/h2-9H,10H2,1H3,(H,23,27)(H,24,28). The van der Waals surface area contributed by atoms with Crippen LogP contribution < -0.4 is 10.6 Å². The third-order valence-electron chi connectivity index (χ3n) is 3.63. The van der Waals surface area contributed by atoms with E-state index in [1.807, 2.05) is 0 Å². The molecule has 2 N–H and O–H groups in total. The van der Waals surface area contributed by atoms with E-state index in [-0.39, 0.29) is 22.2 Å². The number of benzene rings is 2. The van der Waals surface area contributed by atoms with Gasteiger partial charge in [0.15, 0.2) is 0 Å². The molecule has 0 radical (unpaired) electrons. The largest absolute Gasteiger partial charge is 0.451 e. The van der Waals surface area contributed by atoms with E-state index in [9.17, 15) is 22.8 Å². The van der Waals surface area contributed by atoms with E-state index >= 15 is 0 Å². The van der Waals surface area contributed by atoms with Crippen molar-refractivity contribution in [3.63, 3.8) is 0 Å². The Hall–Kier alpha value is -3.14. The number of halogens is 3. The summed E-state index contributed by atoms with van der Waals surface area (Å²) >= 11 is 0.889. The van der Waals surface area contributed by atoms with Crippen LogP contribution in [0.15, 0.2) is 53.6 Å². The summed E-state index contributed by atoms with van der Waals surface area (Å²) in [5.74, 6) is -2.07. The minimum absolute atomic E-state index is 0.0741. The summed E-state index contributed by atoms with van der Waals surface area (Å²) in [7, 11) is 0. The number of thioether (sulfide) groups is 1. The van der Waals surface area contributed by atoms with Crippen molar-refractivity contribution in [2.24, 2.45) is 0 Å². The van der Waals surface area contributed by atoms with Gasteiger partial charge in [0.05, 0.1) is 11.3 Å². The second-order valence-electron chi connectivity index (χ2n) is 5.97. The Bertz CT molecular complexity index is 1070. The Kier molecular flexibility index (Phi) is 6.02. The molecule has 0 aliphatic rings. The highest BCUT2D eigenvalue weighted by Gasteiger charge is 2.35. The van der Waals surface area contributed by atoms with E-state index in [1.54, 1.807) is 42.5 Å². The van der Waals surface area contributed by atoms with Crippen molar-refractivity contribution < 1.29 is 22.8 Å². The van der Waals surface area contributed by atoms with Crippen LogP contribution in [0.4, 0.5) is 24.5 Å². The molecule has 0 fully saturated rings. The lowest BCUT2D eigenvalue weighted by atomic mass is 10.2. The first-order valence-electron chi connectivity index (χ1n) is 8.36. The van der Waals surface area contributed by atoms with Crippen LogP contribution in [0.1, 0.15) is 12.7 Å². The van der Waals surface area contributed by atoms with E-state index in [0.29, 0.717) is 16.8 Å². The van der Waals surface area contributed by atoms with Crippen molar-refractivity contribution in [1.82, 2.24) is 9.97 Å². The number of rotatable bonds is 5. The minimum atomic E-state index is -4.69. The Labute approximate surface area is 167 Å². The van der Waals surface area contributed by atoms with Gasteiger partial charge in [0, 0.05) is 23.7 Å². The molecule has 0 spiro atoms. The van der Waals surface area contributed by atoms with Crippen LogP contribution in [-0.2, 0) is 15.8 Å². The molecule has 0 aliphatic heterocycles. The fraction of sp³-hybridized carbons (Fsp3) is 0.158. The highest BCUT2D eigenvalue weighted by Crippen LogP contribution is 2.32. The maximum atomic E-state index is 13.1. The van der Waals surface area contributed by atoms with Gasteiger partial charge in [0.2, 0.25) is 17.6 Å². The van der Waals surface area contributed by atoms with Gasteiger partial charge in [0.1, 0.15) is 5.03 Å². The Morgan fingerprint density at radius 3 is 2.38 bits per heavy atom. The maximum absolute atomic E-state index is 13.1. The summed E-state index contributed by atoms with van der Waals surface area (Å²) in [6.07, 6.45) is -4.69. The Balaban J connectivity index is 1.75. The van der Waals surface area contributed by atoms with Crippen molar-refractivity contribution >= 4 is 45.9 Å². The number of amides is 2. The molecule has 2 aromatic carbocycles. The average molecular weight is 420 g/mol. The molecule has 10 heteroatoms. The lowest BCUT2D eigenvalue weighted by molar-refractivity contribution is -0.145. The molecule has 6 nitrogen and oxygen atoms in total. The van der Waals surface area contributed by atoms with Gasteiger partial charge >= 0.3 is 6.18 Å². The SMILES string of the molecule is CC(=O)Nc1cccc(NC(=O)CSc2nc(C(F)(F)F)nc3ccccc23)c1. The molecule has 0 saturated carbocycles. The van der Waals surface area contributed by atoms with Crippen LogP contribution in [0.5, 0.6) is 0 Å². The van der Waals surface area contributed by atoms with Crippen molar-refractivity contribution in [3.8, 4) is 0 Å². The van der Waals surface area contributed by atoms with Gasteiger partial charge in [-0.25, -0.2) is 9.97 Å². The number of para-hydroxylation sites is 1. The zero-order chi connectivity index (χ0) is 21.0. The van der Waals surface area contributed by atoms with Gasteiger partial charge in [-0.05, 0) is 24.3 Å². The summed E-state index contributed by atoms with van der Waals surface area (Å²) in [6.45, 7) is 1.36. The molecule has 3 rings (SSSR count). The summed E-state index contributed by atoms with van der Waals surface area (Å²) in [6, 6.07) is 12.8. The predicted molar refractivity (Wildman–Crippen MR) is 105 cm³/mol. The highest BCUT2D eigenvalue weighted by molar-refractivity contribution is 8.00. The number of nitrogens with zero attached hydrogens (tertiary/aromatic N) is 2. The number of hydrogen-bond acceptors (Lipinski definition) is 5. The van der Waals surface area contributed by atoms with Gasteiger partial charge < -0.3 is 10.6 Å². The van der Waals surface area contributed by atoms with Crippen LogP contribution in [-0.4, -0.2) is 27.5 Å². The fourth-order valence-electron chi connectivity index (χ4n) is 2.49. The summed E-state index contributed by atoms with van der Waals surface area (Å²) in [5, 5.41) is 5.75. The van der Waals surface area contributed by atoms with E-state index in [2.05, 4.69) is 20.6 Å². The van der Waals surface area contributed by atoms with Gasteiger partial charge in [-0.15, -0.1) is 0 Å². The molecule has 0 unspecified atom stereocenters. The van der Waals surface area contributed by atoms with Crippen molar-refractivity contribution in [1.29, 1.82) is 0 Å². The van der Waals surface area contributed by atoms with Crippen LogP contribution in [0.25, 0.3) is 10.9 Å². The quantitative estimate of drug-likeness (QED) is 0.474. The summed E-state index contributed by atoms with van der Waals surface area (Å²) in [5.41, 5.74) is 1.12. The summed E-state index contributed by atoms with van der Waals surface area (Å²) in [4.78, 5) is 30.5. The zero-order valence-electron chi connectivity index (χ0n) is 15.1.